The zero-order valence-corrected chi connectivity index (χ0v) is 7.51. The molecule has 0 bridgehead atoms. The van der Waals surface area contributed by atoms with Crippen LogP contribution in [0.3, 0.4) is 0 Å². The van der Waals surface area contributed by atoms with Gasteiger partial charge in [-0.2, -0.15) is 0 Å². The van der Waals surface area contributed by atoms with Crippen molar-refractivity contribution in [2.75, 3.05) is 18.4 Å². The Morgan fingerprint density at radius 3 is 3.21 bits per heavy atom. The van der Waals surface area contributed by atoms with Gasteiger partial charge in [0.05, 0.1) is 6.04 Å². The monoisotopic (exact) mass is 190 g/mol. The van der Waals surface area contributed by atoms with E-state index in [0.717, 1.165) is 24.6 Å². The van der Waals surface area contributed by atoms with Gasteiger partial charge in [0.25, 0.3) is 0 Å². The Morgan fingerprint density at radius 2 is 2.43 bits per heavy atom. The molecule has 1 aliphatic rings. The van der Waals surface area contributed by atoms with Gasteiger partial charge in [0.2, 0.25) is 5.65 Å². The van der Waals surface area contributed by atoms with E-state index in [2.05, 4.69) is 25.8 Å². The number of anilines is 1. The summed E-state index contributed by atoms with van der Waals surface area (Å²) in [5.41, 5.74) is 0.777. The number of aromatic nitrogens is 4. The summed E-state index contributed by atoms with van der Waals surface area (Å²) in [6, 6.07) is 0.463. The molecule has 72 valence electrons. The van der Waals surface area contributed by atoms with Crippen LogP contribution >= 0.6 is 0 Å². The highest BCUT2D eigenvalue weighted by Gasteiger charge is 2.18. The summed E-state index contributed by atoms with van der Waals surface area (Å²) in [5.74, 6) is 0.802. The van der Waals surface area contributed by atoms with E-state index < -0.39 is 0 Å². The molecule has 0 radical (unpaired) electrons. The van der Waals surface area contributed by atoms with Gasteiger partial charge in [0, 0.05) is 25.5 Å². The molecule has 0 unspecified atom stereocenters. The van der Waals surface area contributed by atoms with Crippen molar-refractivity contribution in [2.45, 2.75) is 6.04 Å². The minimum Gasteiger partial charge on any atom is -0.362 e. The SMILES string of the molecule is c1cn2cnnc2c(NC2CNC2)n1. The fraction of sp³-hybridized carbons (Fsp3) is 0.375. The van der Waals surface area contributed by atoms with Gasteiger partial charge in [-0.3, -0.25) is 4.40 Å². The molecule has 3 rings (SSSR count). The first-order valence-electron chi connectivity index (χ1n) is 4.55. The molecule has 3 heterocycles. The third-order valence-corrected chi connectivity index (χ3v) is 2.34. The molecule has 1 aliphatic heterocycles. The summed E-state index contributed by atoms with van der Waals surface area (Å²) in [4.78, 5) is 4.24. The van der Waals surface area contributed by atoms with Crippen LogP contribution in [0.2, 0.25) is 0 Å². The number of hydrogen-bond acceptors (Lipinski definition) is 5. The highest BCUT2D eigenvalue weighted by atomic mass is 15.3. The Hall–Kier alpha value is -1.69. The van der Waals surface area contributed by atoms with Gasteiger partial charge in [-0.05, 0) is 0 Å². The Kier molecular flexibility index (Phi) is 1.60. The Balaban J connectivity index is 1.97. The lowest BCUT2D eigenvalue weighted by atomic mass is 10.2. The van der Waals surface area contributed by atoms with Crippen LogP contribution in [0.5, 0.6) is 0 Å². The lowest BCUT2D eigenvalue weighted by molar-refractivity contribution is 0.471. The summed E-state index contributed by atoms with van der Waals surface area (Å²) in [7, 11) is 0. The van der Waals surface area contributed by atoms with Crippen LogP contribution in [0.15, 0.2) is 18.7 Å². The maximum Gasteiger partial charge on any atom is 0.203 e. The molecular weight excluding hydrogens is 180 g/mol. The van der Waals surface area contributed by atoms with Crippen molar-refractivity contribution in [3.05, 3.63) is 18.7 Å². The predicted molar refractivity (Wildman–Crippen MR) is 51.1 cm³/mol. The molecule has 1 saturated heterocycles. The Bertz CT molecular complexity index is 446. The van der Waals surface area contributed by atoms with E-state index in [4.69, 9.17) is 0 Å². The Labute approximate surface area is 80.4 Å². The number of hydrogen-bond donors (Lipinski definition) is 2. The van der Waals surface area contributed by atoms with Crippen LogP contribution in [-0.4, -0.2) is 38.7 Å². The third kappa shape index (κ3) is 1.12. The molecule has 0 saturated carbocycles. The zero-order valence-electron chi connectivity index (χ0n) is 7.51. The van der Waals surface area contributed by atoms with Crippen molar-refractivity contribution in [2.24, 2.45) is 0 Å². The topological polar surface area (TPSA) is 67.1 Å². The number of nitrogens with zero attached hydrogens (tertiary/aromatic N) is 4. The maximum atomic E-state index is 4.24. The molecule has 14 heavy (non-hydrogen) atoms. The third-order valence-electron chi connectivity index (χ3n) is 2.34. The minimum atomic E-state index is 0.463. The van der Waals surface area contributed by atoms with E-state index in [1.54, 1.807) is 12.5 Å². The first-order chi connectivity index (χ1) is 6.93. The van der Waals surface area contributed by atoms with E-state index in [-0.39, 0.29) is 0 Å². The van der Waals surface area contributed by atoms with E-state index >= 15 is 0 Å². The summed E-state index contributed by atoms with van der Waals surface area (Å²) < 4.78 is 1.85. The Morgan fingerprint density at radius 1 is 1.50 bits per heavy atom. The fourth-order valence-corrected chi connectivity index (χ4v) is 1.44. The minimum absolute atomic E-state index is 0.463. The lowest BCUT2D eigenvalue weighted by Crippen LogP contribution is -2.51. The van der Waals surface area contributed by atoms with Crippen LogP contribution in [0, 0.1) is 0 Å². The molecule has 2 N–H and O–H groups in total. The van der Waals surface area contributed by atoms with E-state index in [9.17, 15) is 0 Å². The van der Waals surface area contributed by atoms with Crippen LogP contribution < -0.4 is 10.6 Å². The standard InChI is InChI=1S/C8H10N6/c1-2-14-5-11-13-8(14)7(10-1)12-6-3-9-4-6/h1-2,5-6,9H,3-4H2,(H,10,12). The largest absolute Gasteiger partial charge is 0.362 e. The normalized spacial score (nSPS) is 16.9. The quantitative estimate of drug-likeness (QED) is 0.668. The highest BCUT2D eigenvalue weighted by Crippen LogP contribution is 2.11. The van der Waals surface area contributed by atoms with Gasteiger partial charge in [-0.15, -0.1) is 10.2 Å². The van der Waals surface area contributed by atoms with Crippen LogP contribution in [0.25, 0.3) is 5.65 Å². The molecule has 0 atom stereocenters. The van der Waals surface area contributed by atoms with Crippen LogP contribution in [-0.2, 0) is 0 Å². The predicted octanol–water partition coefficient (Wildman–Crippen LogP) is -0.492. The molecule has 0 amide bonds. The lowest BCUT2D eigenvalue weighted by Gasteiger charge is -2.28. The van der Waals surface area contributed by atoms with Gasteiger partial charge in [0.15, 0.2) is 5.82 Å². The highest BCUT2D eigenvalue weighted by molar-refractivity contribution is 5.62. The second-order valence-electron chi connectivity index (χ2n) is 3.34. The second-order valence-corrected chi connectivity index (χ2v) is 3.34. The van der Waals surface area contributed by atoms with Crippen LogP contribution in [0.4, 0.5) is 5.82 Å². The van der Waals surface area contributed by atoms with Crippen molar-refractivity contribution >= 4 is 11.5 Å². The van der Waals surface area contributed by atoms with Crippen molar-refractivity contribution in [3.8, 4) is 0 Å². The van der Waals surface area contributed by atoms with Crippen molar-refractivity contribution < 1.29 is 0 Å². The van der Waals surface area contributed by atoms with Gasteiger partial charge in [0.1, 0.15) is 6.33 Å². The molecule has 2 aromatic rings. The smallest absolute Gasteiger partial charge is 0.203 e. The molecule has 1 fully saturated rings. The van der Waals surface area contributed by atoms with Crippen molar-refractivity contribution in [1.29, 1.82) is 0 Å². The molecular formula is C8H10N6. The maximum absolute atomic E-state index is 4.24. The van der Waals surface area contributed by atoms with E-state index in [0.29, 0.717) is 6.04 Å². The summed E-state index contributed by atoms with van der Waals surface area (Å²) >= 11 is 0. The second kappa shape index (κ2) is 2.91. The molecule has 2 aromatic heterocycles. The van der Waals surface area contributed by atoms with Gasteiger partial charge >= 0.3 is 0 Å². The van der Waals surface area contributed by atoms with E-state index in [1.165, 1.54) is 0 Å². The average Bonchev–Trinajstić information content (AvgIpc) is 2.59. The van der Waals surface area contributed by atoms with E-state index in [1.807, 2.05) is 10.6 Å². The number of nitrogens with one attached hydrogen (secondary N) is 2. The summed E-state index contributed by atoms with van der Waals surface area (Å²) in [5, 5.41) is 14.3. The first-order valence-corrected chi connectivity index (χ1v) is 4.55. The van der Waals surface area contributed by atoms with Gasteiger partial charge in [-0.25, -0.2) is 4.98 Å². The first kappa shape index (κ1) is 7.69. The molecule has 0 aliphatic carbocycles. The molecule has 0 aromatic carbocycles. The summed E-state index contributed by atoms with van der Waals surface area (Å²) in [6.07, 6.45) is 5.24. The van der Waals surface area contributed by atoms with Gasteiger partial charge < -0.3 is 10.6 Å². The van der Waals surface area contributed by atoms with Gasteiger partial charge in [-0.1, -0.05) is 0 Å². The summed E-state index contributed by atoms with van der Waals surface area (Å²) in [6.45, 7) is 1.97. The van der Waals surface area contributed by atoms with Crippen LogP contribution in [0.1, 0.15) is 0 Å². The van der Waals surface area contributed by atoms with Crippen molar-refractivity contribution in [1.82, 2.24) is 24.9 Å². The zero-order chi connectivity index (χ0) is 9.38. The molecule has 6 heteroatoms. The molecule has 0 spiro atoms. The molecule has 6 nitrogen and oxygen atoms in total. The number of rotatable bonds is 2. The average molecular weight is 190 g/mol. The van der Waals surface area contributed by atoms with Crippen molar-refractivity contribution in [3.63, 3.8) is 0 Å². The fourth-order valence-electron chi connectivity index (χ4n) is 1.44. The number of fused-ring (bicyclic) bond motifs is 1.